The number of alkyl halides is 2. The second-order valence-corrected chi connectivity index (χ2v) is 7.95. The molecule has 25 heavy (non-hydrogen) atoms. The molecule has 2 atom stereocenters. The Bertz CT molecular complexity index is 352. The van der Waals surface area contributed by atoms with Crippen molar-refractivity contribution in [2.75, 3.05) is 6.16 Å². The van der Waals surface area contributed by atoms with Crippen LogP contribution >= 0.6 is 8.03 Å². The van der Waals surface area contributed by atoms with Crippen molar-refractivity contribution in [3.63, 3.8) is 0 Å². The number of carbonyl (C=O) groups is 1. The SMILES string of the molecule is CCCCCCCCCCCCCCCC(=O)[C@@H](C[P+](=O)[O-])C(F)F. The van der Waals surface area contributed by atoms with Crippen molar-refractivity contribution in [3.05, 3.63) is 0 Å². The number of halogens is 2. The lowest BCUT2D eigenvalue weighted by molar-refractivity contribution is -0.166. The Morgan fingerprint density at radius 1 is 0.840 bits per heavy atom. The maximum Gasteiger partial charge on any atom is 0.309 e. The summed E-state index contributed by atoms with van der Waals surface area (Å²) in [7, 11) is -2.94. The summed E-state index contributed by atoms with van der Waals surface area (Å²) in [5, 5.41) is 0. The molecule has 0 fully saturated rings. The number of carbonyl (C=O) groups excluding carboxylic acids is 1. The fourth-order valence-electron chi connectivity index (χ4n) is 2.99. The van der Waals surface area contributed by atoms with Gasteiger partial charge in [0.05, 0.1) is 0 Å². The molecule has 0 rings (SSSR count). The van der Waals surface area contributed by atoms with E-state index in [1.807, 2.05) is 0 Å². The van der Waals surface area contributed by atoms with Gasteiger partial charge in [-0.05, 0) is 6.42 Å². The van der Waals surface area contributed by atoms with Gasteiger partial charge < -0.3 is 4.89 Å². The van der Waals surface area contributed by atoms with E-state index in [9.17, 15) is 23.0 Å². The molecule has 0 aliphatic rings. The summed E-state index contributed by atoms with van der Waals surface area (Å²) in [4.78, 5) is 22.2. The Hall–Kier alpha value is -0.410. The summed E-state index contributed by atoms with van der Waals surface area (Å²) in [6.07, 6.45) is 11.7. The van der Waals surface area contributed by atoms with E-state index >= 15 is 0 Å². The average molecular weight is 380 g/mol. The van der Waals surface area contributed by atoms with Crippen LogP contribution in [-0.4, -0.2) is 18.4 Å². The second-order valence-electron chi connectivity index (χ2n) is 6.92. The van der Waals surface area contributed by atoms with Crippen molar-refractivity contribution in [2.24, 2.45) is 5.92 Å². The van der Waals surface area contributed by atoms with Crippen molar-refractivity contribution >= 4 is 13.8 Å². The van der Waals surface area contributed by atoms with Crippen LogP contribution in [0, 0.1) is 5.92 Å². The molecule has 0 heterocycles. The molecule has 0 saturated carbocycles. The zero-order chi connectivity index (χ0) is 18.9. The summed E-state index contributed by atoms with van der Waals surface area (Å²) in [6, 6.07) is 0. The first-order valence-electron chi connectivity index (χ1n) is 9.91. The standard InChI is InChI=1S/C19H35F2O3P/c1-2-3-4-5-6-7-8-9-10-11-12-13-14-15-18(22)17(19(20)21)16-25(23)24/h17,19H,2-16H2,1H3/t17-/m1/s1. The third kappa shape index (κ3) is 15.6. The van der Waals surface area contributed by atoms with E-state index in [1.165, 1.54) is 57.8 Å². The normalized spacial score (nSPS) is 13.2. The lowest BCUT2D eigenvalue weighted by Gasteiger charge is -2.10. The molecule has 0 aromatic heterocycles. The molecular weight excluding hydrogens is 345 g/mol. The maximum atomic E-state index is 12.7. The van der Waals surface area contributed by atoms with Crippen molar-refractivity contribution < 1.29 is 23.0 Å². The molecule has 0 aromatic carbocycles. The van der Waals surface area contributed by atoms with Crippen LogP contribution in [0.3, 0.4) is 0 Å². The topological polar surface area (TPSA) is 57.2 Å². The van der Waals surface area contributed by atoms with Crippen LogP contribution in [0.15, 0.2) is 0 Å². The molecule has 0 aromatic rings. The molecule has 0 N–H and O–H groups in total. The van der Waals surface area contributed by atoms with E-state index in [0.29, 0.717) is 6.42 Å². The zero-order valence-electron chi connectivity index (χ0n) is 15.7. The van der Waals surface area contributed by atoms with Crippen molar-refractivity contribution in [3.8, 4) is 0 Å². The van der Waals surface area contributed by atoms with Crippen LogP contribution in [0.25, 0.3) is 0 Å². The third-order valence-corrected chi connectivity index (χ3v) is 5.28. The summed E-state index contributed by atoms with van der Waals surface area (Å²) < 4.78 is 35.9. The minimum atomic E-state index is -2.94. The highest BCUT2D eigenvalue weighted by Gasteiger charge is 2.32. The van der Waals surface area contributed by atoms with Gasteiger partial charge in [-0.25, -0.2) is 8.78 Å². The smallest absolute Gasteiger partial charge is 0.309 e. The molecule has 3 nitrogen and oxygen atoms in total. The molecule has 6 heteroatoms. The summed E-state index contributed by atoms with van der Waals surface area (Å²) in [5.74, 6) is -2.25. The van der Waals surface area contributed by atoms with E-state index in [1.54, 1.807) is 0 Å². The molecule has 0 aliphatic heterocycles. The molecular formula is C19H35F2O3P. The molecule has 0 spiro atoms. The fraction of sp³-hybridized carbons (Fsp3) is 0.947. The summed E-state index contributed by atoms with van der Waals surface area (Å²) in [5.41, 5.74) is 0. The largest absolute Gasteiger partial charge is 0.596 e. The Morgan fingerprint density at radius 2 is 1.24 bits per heavy atom. The van der Waals surface area contributed by atoms with Crippen LogP contribution in [0.1, 0.15) is 96.8 Å². The van der Waals surface area contributed by atoms with Gasteiger partial charge in [-0.15, -0.1) is 0 Å². The van der Waals surface area contributed by atoms with Gasteiger partial charge in [0.15, 0.2) is 6.16 Å². The number of ketones is 1. The number of unbranched alkanes of at least 4 members (excludes halogenated alkanes) is 12. The highest BCUT2D eigenvalue weighted by atomic mass is 31.1. The highest BCUT2D eigenvalue weighted by molar-refractivity contribution is 7.36. The van der Waals surface area contributed by atoms with Crippen LogP contribution in [0.4, 0.5) is 8.78 Å². The Morgan fingerprint density at radius 3 is 1.60 bits per heavy atom. The number of rotatable bonds is 18. The molecule has 0 aliphatic carbocycles. The minimum Gasteiger partial charge on any atom is -0.596 e. The first kappa shape index (κ1) is 24.6. The Kier molecular flexibility index (Phi) is 16.7. The van der Waals surface area contributed by atoms with E-state index < -0.39 is 32.3 Å². The predicted molar refractivity (Wildman–Crippen MR) is 97.3 cm³/mol. The van der Waals surface area contributed by atoms with Gasteiger partial charge in [0.2, 0.25) is 0 Å². The van der Waals surface area contributed by atoms with Crippen molar-refractivity contribution in [1.29, 1.82) is 0 Å². The predicted octanol–water partition coefficient (Wildman–Crippen LogP) is 6.02. The quantitative estimate of drug-likeness (QED) is 0.216. The van der Waals surface area contributed by atoms with E-state index in [-0.39, 0.29) is 6.42 Å². The van der Waals surface area contributed by atoms with Gasteiger partial charge in [0.25, 0.3) is 6.43 Å². The lowest BCUT2D eigenvalue weighted by Crippen LogP contribution is -2.25. The number of hydrogen-bond acceptors (Lipinski definition) is 3. The number of hydrogen-bond donors (Lipinski definition) is 0. The van der Waals surface area contributed by atoms with Crippen LogP contribution < -0.4 is 4.89 Å². The molecule has 148 valence electrons. The van der Waals surface area contributed by atoms with Crippen molar-refractivity contribution in [1.82, 2.24) is 0 Å². The first-order valence-corrected chi connectivity index (χ1v) is 11.3. The number of Topliss-reactive ketones (excluding diaryl/α,β-unsaturated/α-hetero) is 1. The third-order valence-electron chi connectivity index (χ3n) is 4.59. The van der Waals surface area contributed by atoms with E-state index in [2.05, 4.69) is 6.92 Å². The Labute approximate surface area is 152 Å². The molecule has 1 unspecified atom stereocenters. The average Bonchev–Trinajstić information content (AvgIpc) is 2.56. The van der Waals surface area contributed by atoms with Crippen LogP contribution in [-0.2, 0) is 9.36 Å². The van der Waals surface area contributed by atoms with Crippen LogP contribution in [0.5, 0.6) is 0 Å². The monoisotopic (exact) mass is 380 g/mol. The van der Waals surface area contributed by atoms with Gasteiger partial charge >= 0.3 is 8.03 Å². The lowest BCUT2D eigenvalue weighted by atomic mass is 10.00. The van der Waals surface area contributed by atoms with E-state index in [4.69, 9.17) is 0 Å². The molecule has 0 radical (unpaired) electrons. The maximum absolute atomic E-state index is 12.7. The van der Waals surface area contributed by atoms with Gasteiger partial charge in [-0.2, -0.15) is 0 Å². The van der Waals surface area contributed by atoms with Gasteiger partial charge in [-0.3, -0.25) is 4.79 Å². The van der Waals surface area contributed by atoms with Gasteiger partial charge in [-0.1, -0.05) is 88.5 Å². The zero-order valence-corrected chi connectivity index (χ0v) is 16.6. The van der Waals surface area contributed by atoms with Crippen molar-refractivity contribution in [2.45, 2.75) is 103 Å². The second kappa shape index (κ2) is 17.0. The molecule has 0 amide bonds. The van der Waals surface area contributed by atoms with Crippen LogP contribution in [0.2, 0.25) is 0 Å². The van der Waals surface area contributed by atoms with Gasteiger partial charge in [0.1, 0.15) is 11.7 Å². The van der Waals surface area contributed by atoms with Gasteiger partial charge in [0, 0.05) is 6.42 Å². The molecule has 0 bridgehead atoms. The highest BCUT2D eigenvalue weighted by Crippen LogP contribution is 2.23. The fourth-order valence-corrected chi connectivity index (χ4v) is 3.67. The van der Waals surface area contributed by atoms with E-state index in [0.717, 1.165) is 19.3 Å². The first-order chi connectivity index (χ1) is 12.0. The Balaban J connectivity index is 3.48. The minimum absolute atomic E-state index is 0.0654. The molecule has 0 saturated heterocycles. The summed E-state index contributed by atoms with van der Waals surface area (Å²) >= 11 is 0. The summed E-state index contributed by atoms with van der Waals surface area (Å²) in [6.45, 7) is 2.22.